The van der Waals surface area contributed by atoms with Crippen molar-refractivity contribution in [1.82, 2.24) is 4.90 Å². The number of carbonyl (C=O) groups is 1. The number of amides is 1. The van der Waals surface area contributed by atoms with Crippen LogP contribution in [-0.2, 0) is 4.79 Å². The van der Waals surface area contributed by atoms with Gasteiger partial charge in [0.15, 0.2) is 0 Å². The van der Waals surface area contributed by atoms with Crippen molar-refractivity contribution in [2.45, 2.75) is 33.6 Å². The third-order valence-corrected chi connectivity index (χ3v) is 2.85. The molecule has 0 unspecified atom stereocenters. The van der Waals surface area contributed by atoms with Crippen LogP contribution in [0, 0.1) is 11.3 Å². The highest BCUT2D eigenvalue weighted by atomic mass is 16.1. The molecule has 0 bridgehead atoms. The number of piperidine rings is 1. The van der Waals surface area contributed by atoms with Gasteiger partial charge < -0.3 is 4.90 Å². The second-order valence-corrected chi connectivity index (χ2v) is 4.72. The van der Waals surface area contributed by atoms with Crippen molar-refractivity contribution in [3.05, 3.63) is 0 Å². The van der Waals surface area contributed by atoms with Gasteiger partial charge in [-0.05, 0) is 24.2 Å². The Labute approximate surface area is 76.3 Å². The lowest BCUT2D eigenvalue weighted by Crippen LogP contribution is -2.37. The first-order valence-electron chi connectivity index (χ1n) is 5.17. The first-order valence-corrected chi connectivity index (χ1v) is 4.67. The van der Waals surface area contributed by atoms with E-state index in [0.717, 1.165) is 25.9 Å². The van der Waals surface area contributed by atoms with Gasteiger partial charge in [0, 0.05) is 13.1 Å². The van der Waals surface area contributed by atoms with E-state index in [0.29, 0.717) is 11.3 Å². The highest BCUT2D eigenvalue weighted by molar-refractivity contribution is 5.47. The summed E-state index contributed by atoms with van der Waals surface area (Å²) in [6.45, 7) is 8.27. The van der Waals surface area contributed by atoms with Crippen molar-refractivity contribution in [2.75, 3.05) is 13.1 Å². The Morgan fingerprint density at radius 1 is 1.42 bits per heavy atom. The molecule has 0 saturated carbocycles. The molecule has 1 heterocycles. The molecule has 1 aliphatic rings. The van der Waals surface area contributed by atoms with Crippen molar-refractivity contribution >= 4 is 6.39 Å². The number of rotatable bonds is 0. The summed E-state index contributed by atoms with van der Waals surface area (Å²) in [7, 11) is 0. The van der Waals surface area contributed by atoms with Crippen molar-refractivity contribution in [3.63, 3.8) is 0 Å². The molecule has 2 heteroatoms. The van der Waals surface area contributed by atoms with Crippen LogP contribution in [0.1, 0.15) is 35.0 Å². The fraction of sp³-hybridized carbons (Fsp3) is 0.900. The van der Waals surface area contributed by atoms with Crippen molar-refractivity contribution in [2.24, 2.45) is 11.3 Å². The Kier molecular flexibility index (Phi) is 2.33. The molecule has 1 saturated heterocycles. The van der Waals surface area contributed by atoms with E-state index in [1.807, 2.05) is 0 Å². The predicted molar refractivity (Wildman–Crippen MR) is 49.8 cm³/mol. The molecule has 0 aromatic carbocycles. The molecule has 0 aliphatic carbocycles. The van der Waals surface area contributed by atoms with Crippen LogP contribution in [0.15, 0.2) is 0 Å². The average molecular weight is 170 g/mol. The Morgan fingerprint density at radius 2 is 1.92 bits per heavy atom. The summed E-state index contributed by atoms with van der Waals surface area (Å²) in [6, 6.07) is 0. The first kappa shape index (κ1) is 8.09. The molecule has 12 heavy (non-hydrogen) atoms. The van der Waals surface area contributed by atoms with Crippen LogP contribution in [0.2, 0.25) is 0 Å². The van der Waals surface area contributed by atoms with Crippen molar-refractivity contribution in [1.29, 1.82) is 0 Å². The Balaban J connectivity index is 2.44. The molecule has 1 amide bonds. The maximum absolute atomic E-state index is 10.7. The van der Waals surface area contributed by atoms with Crippen LogP contribution >= 0.6 is 0 Å². The molecule has 2 nitrogen and oxygen atoms in total. The molecule has 1 aliphatic heterocycles. The van der Waals surface area contributed by atoms with E-state index in [2.05, 4.69) is 20.8 Å². The van der Waals surface area contributed by atoms with E-state index in [-0.39, 0.29) is 0 Å². The summed E-state index contributed by atoms with van der Waals surface area (Å²) in [5, 5.41) is 0. The zero-order valence-electron chi connectivity index (χ0n) is 9.26. The lowest BCUT2D eigenvalue weighted by Gasteiger charge is -2.37. The van der Waals surface area contributed by atoms with E-state index in [4.69, 9.17) is 1.37 Å². The van der Waals surface area contributed by atoms with Crippen LogP contribution in [0.4, 0.5) is 0 Å². The second kappa shape index (κ2) is 3.46. The van der Waals surface area contributed by atoms with Gasteiger partial charge in [-0.25, -0.2) is 0 Å². The van der Waals surface area contributed by atoms with E-state index in [1.165, 1.54) is 0 Å². The summed E-state index contributed by atoms with van der Waals surface area (Å²) in [4.78, 5) is 12.4. The fourth-order valence-electron chi connectivity index (χ4n) is 1.84. The quantitative estimate of drug-likeness (QED) is 0.508. The second-order valence-electron chi connectivity index (χ2n) is 4.72. The molecule has 0 spiro atoms. The van der Waals surface area contributed by atoms with Crippen molar-refractivity contribution < 1.29 is 6.17 Å². The molecular formula is C10H19NO. The average Bonchev–Trinajstić information content (AvgIpc) is 2.03. The maximum atomic E-state index is 10.7. The lowest BCUT2D eigenvalue weighted by atomic mass is 9.75. The zero-order chi connectivity index (χ0) is 10.1. The summed E-state index contributed by atoms with van der Waals surface area (Å²) >= 11 is 0. The van der Waals surface area contributed by atoms with E-state index < -0.39 is 6.39 Å². The molecular weight excluding hydrogens is 150 g/mol. The van der Waals surface area contributed by atoms with Gasteiger partial charge in [0.2, 0.25) is 6.39 Å². The molecule has 0 atom stereocenters. The Morgan fingerprint density at radius 3 is 2.25 bits per heavy atom. The molecule has 70 valence electrons. The van der Waals surface area contributed by atoms with Crippen LogP contribution in [0.25, 0.3) is 0 Å². The van der Waals surface area contributed by atoms with Crippen LogP contribution < -0.4 is 0 Å². The maximum Gasteiger partial charge on any atom is 0.209 e. The van der Waals surface area contributed by atoms with E-state index in [1.54, 1.807) is 4.90 Å². The molecule has 0 N–H and O–H groups in total. The normalized spacial score (nSPS) is 22.2. The van der Waals surface area contributed by atoms with E-state index >= 15 is 0 Å². The van der Waals surface area contributed by atoms with Crippen LogP contribution in [-0.4, -0.2) is 24.4 Å². The number of carbonyl (C=O) groups excluding carboxylic acids is 1. The number of hydrogen-bond acceptors (Lipinski definition) is 1. The zero-order valence-corrected chi connectivity index (χ0v) is 8.26. The predicted octanol–water partition coefficient (Wildman–Crippen LogP) is 1.90. The topological polar surface area (TPSA) is 20.3 Å². The smallest absolute Gasteiger partial charge is 0.209 e. The SMILES string of the molecule is [2H]C(=O)N1CCC(C(C)(C)C)CC1. The van der Waals surface area contributed by atoms with Gasteiger partial charge in [0.25, 0.3) is 0 Å². The van der Waals surface area contributed by atoms with Crippen LogP contribution in [0.3, 0.4) is 0 Å². The third-order valence-electron chi connectivity index (χ3n) is 2.85. The fourth-order valence-corrected chi connectivity index (χ4v) is 1.84. The van der Waals surface area contributed by atoms with Gasteiger partial charge in [-0.1, -0.05) is 20.8 Å². The van der Waals surface area contributed by atoms with Crippen molar-refractivity contribution in [3.8, 4) is 0 Å². The molecule has 1 fully saturated rings. The molecule has 1 rings (SSSR count). The molecule has 0 aromatic heterocycles. The highest BCUT2D eigenvalue weighted by Gasteiger charge is 2.27. The van der Waals surface area contributed by atoms with Gasteiger partial charge in [0.05, 0.1) is 0 Å². The Bertz CT molecular complexity index is 190. The van der Waals surface area contributed by atoms with Gasteiger partial charge in [0.1, 0.15) is 1.37 Å². The van der Waals surface area contributed by atoms with Gasteiger partial charge in [-0.3, -0.25) is 4.79 Å². The summed E-state index contributed by atoms with van der Waals surface area (Å²) in [5.74, 6) is 0.697. The van der Waals surface area contributed by atoms with Crippen LogP contribution in [0.5, 0.6) is 0 Å². The summed E-state index contributed by atoms with van der Waals surface area (Å²) in [5.41, 5.74) is 0.344. The number of hydrogen-bond donors (Lipinski definition) is 0. The largest absolute Gasteiger partial charge is 0.345 e. The highest BCUT2D eigenvalue weighted by Crippen LogP contribution is 2.33. The number of likely N-dealkylation sites (tertiary alicyclic amines) is 1. The molecule has 0 radical (unpaired) electrons. The Hall–Kier alpha value is -0.530. The van der Waals surface area contributed by atoms with Gasteiger partial charge in [-0.2, -0.15) is 0 Å². The van der Waals surface area contributed by atoms with Gasteiger partial charge >= 0.3 is 0 Å². The minimum atomic E-state index is -0.521. The lowest BCUT2D eigenvalue weighted by molar-refractivity contribution is -0.119. The number of nitrogens with zero attached hydrogens (tertiary/aromatic N) is 1. The minimum Gasteiger partial charge on any atom is -0.345 e. The van der Waals surface area contributed by atoms with E-state index in [9.17, 15) is 4.79 Å². The summed E-state index contributed by atoms with van der Waals surface area (Å²) < 4.78 is 6.98. The standard InChI is InChI=1S/C10H19NO/c1-10(2,3)9-4-6-11(8-12)7-5-9/h8-9H,4-7H2,1-3H3/i8D. The minimum absolute atomic E-state index is 0.344. The monoisotopic (exact) mass is 170 g/mol. The first-order chi connectivity index (χ1) is 5.91. The third kappa shape index (κ3) is 2.23. The molecule has 0 aromatic rings. The summed E-state index contributed by atoms with van der Waals surface area (Å²) in [6.07, 6.45) is 1.58. The van der Waals surface area contributed by atoms with Gasteiger partial charge in [-0.15, -0.1) is 0 Å².